The fourth-order valence-corrected chi connectivity index (χ4v) is 6.76. The molecule has 0 aliphatic carbocycles. The molecular formula is C39H74O12S. The molecule has 1 fully saturated rings. The molecule has 1 rings (SSSR count). The van der Waals surface area contributed by atoms with E-state index in [0.29, 0.717) is 13.0 Å². The first-order valence-corrected chi connectivity index (χ1v) is 21.8. The summed E-state index contributed by atoms with van der Waals surface area (Å²) in [5.74, 6) is -0.407. The molecule has 52 heavy (non-hydrogen) atoms. The summed E-state index contributed by atoms with van der Waals surface area (Å²) < 4.78 is 58.8. The summed E-state index contributed by atoms with van der Waals surface area (Å²) in [5, 5.41) is 30.5. The van der Waals surface area contributed by atoms with E-state index in [1.165, 1.54) is 83.5 Å². The van der Waals surface area contributed by atoms with E-state index in [-0.39, 0.29) is 19.6 Å². The highest BCUT2D eigenvalue weighted by molar-refractivity contribution is 7.80. The molecule has 1 aliphatic heterocycles. The van der Waals surface area contributed by atoms with Crippen LogP contribution < -0.4 is 0 Å². The molecule has 0 aromatic carbocycles. The molecule has 0 spiro atoms. The lowest BCUT2D eigenvalue weighted by Gasteiger charge is -2.41. The van der Waals surface area contributed by atoms with Gasteiger partial charge in [0.2, 0.25) is 0 Å². The minimum Gasteiger partial charge on any atom is -0.457 e. The van der Waals surface area contributed by atoms with Gasteiger partial charge in [0.1, 0.15) is 30.5 Å². The highest BCUT2D eigenvalue weighted by atomic mass is 32.3. The zero-order valence-corrected chi connectivity index (χ0v) is 33.2. The number of rotatable bonds is 35. The van der Waals surface area contributed by atoms with Crippen LogP contribution in [0.1, 0.15) is 168 Å². The second-order valence-electron chi connectivity index (χ2n) is 14.2. The maximum absolute atomic E-state index is 12.8. The largest absolute Gasteiger partial charge is 0.457 e. The van der Waals surface area contributed by atoms with E-state index in [9.17, 15) is 28.5 Å². The zero-order chi connectivity index (χ0) is 38.3. The number of aliphatic hydroxyl groups excluding tert-OH is 3. The molecule has 0 bridgehead atoms. The number of hydrogen-bond acceptors (Lipinski definition) is 11. The maximum atomic E-state index is 12.8. The summed E-state index contributed by atoms with van der Waals surface area (Å²) in [6, 6.07) is 0. The minimum absolute atomic E-state index is 0.0371. The van der Waals surface area contributed by atoms with Crippen LogP contribution >= 0.6 is 0 Å². The lowest BCUT2D eigenvalue weighted by Crippen LogP contribution is -2.60. The van der Waals surface area contributed by atoms with E-state index in [0.717, 1.165) is 57.8 Å². The predicted octanol–water partition coefficient (Wildman–Crippen LogP) is 7.52. The molecule has 0 amide bonds. The molecule has 0 aromatic heterocycles. The van der Waals surface area contributed by atoms with Gasteiger partial charge in [0.05, 0.1) is 19.8 Å². The van der Waals surface area contributed by atoms with Crippen molar-refractivity contribution in [3.05, 3.63) is 12.2 Å². The monoisotopic (exact) mass is 766 g/mol. The third-order valence-corrected chi connectivity index (χ3v) is 9.85. The second-order valence-corrected chi connectivity index (χ2v) is 15.3. The molecule has 6 atom stereocenters. The molecule has 12 nitrogen and oxygen atoms in total. The average molecular weight is 767 g/mol. The van der Waals surface area contributed by atoms with Gasteiger partial charge in [0.15, 0.2) is 6.29 Å². The van der Waals surface area contributed by atoms with Gasteiger partial charge >= 0.3 is 16.4 Å². The minimum atomic E-state index is -5.05. The molecule has 1 heterocycles. The van der Waals surface area contributed by atoms with Crippen molar-refractivity contribution < 1.29 is 56.2 Å². The number of esters is 1. The summed E-state index contributed by atoms with van der Waals surface area (Å²) in [5.41, 5.74) is 0. The van der Waals surface area contributed by atoms with Gasteiger partial charge in [-0.1, -0.05) is 135 Å². The molecule has 13 heteroatoms. The van der Waals surface area contributed by atoms with Crippen molar-refractivity contribution in [2.45, 2.75) is 205 Å². The van der Waals surface area contributed by atoms with Gasteiger partial charge in [-0.25, -0.2) is 4.18 Å². The van der Waals surface area contributed by atoms with Gasteiger partial charge < -0.3 is 34.3 Å². The van der Waals surface area contributed by atoms with Gasteiger partial charge in [-0.05, 0) is 38.5 Å². The molecular weight excluding hydrogens is 692 g/mol. The molecule has 1 aliphatic rings. The molecule has 1 saturated heterocycles. The lowest BCUT2D eigenvalue weighted by molar-refractivity contribution is -0.301. The van der Waals surface area contributed by atoms with Crippen LogP contribution in [0.5, 0.6) is 0 Å². The van der Waals surface area contributed by atoms with Crippen molar-refractivity contribution >= 4 is 16.4 Å². The molecule has 0 radical (unpaired) electrons. The van der Waals surface area contributed by atoms with Crippen LogP contribution in [0.25, 0.3) is 0 Å². The number of hydrogen-bond donors (Lipinski definition) is 4. The van der Waals surface area contributed by atoms with Gasteiger partial charge in [-0.3, -0.25) is 9.35 Å². The highest BCUT2D eigenvalue weighted by Gasteiger charge is 2.48. The second kappa shape index (κ2) is 32.1. The van der Waals surface area contributed by atoms with E-state index in [2.05, 4.69) is 30.2 Å². The number of carbonyl (C=O) groups excluding carboxylic acids is 1. The van der Waals surface area contributed by atoms with Crippen LogP contribution in [-0.2, 0) is 38.3 Å². The van der Waals surface area contributed by atoms with Crippen molar-refractivity contribution in [1.29, 1.82) is 0 Å². The first kappa shape index (κ1) is 48.9. The Labute approximate surface area is 315 Å². The molecule has 308 valence electrons. The van der Waals surface area contributed by atoms with Gasteiger partial charge in [0.25, 0.3) is 0 Å². The van der Waals surface area contributed by atoms with Crippen LogP contribution in [0.4, 0.5) is 0 Å². The summed E-state index contributed by atoms with van der Waals surface area (Å²) in [6.45, 7) is 3.96. The summed E-state index contributed by atoms with van der Waals surface area (Å²) in [6.07, 6.45) is 22.5. The average Bonchev–Trinajstić information content (AvgIpc) is 3.11. The quantitative estimate of drug-likeness (QED) is 0.0216. The normalized spacial score (nSPS) is 21.5. The van der Waals surface area contributed by atoms with Crippen molar-refractivity contribution in [3.8, 4) is 0 Å². The third kappa shape index (κ3) is 25.8. The number of carbonyl (C=O) groups is 1. The van der Waals surface area contributed by atoms with Crippen LogP contribution in [-0.4, -0.2) is 97.5 Å². The summed E-state index contributed by atoms with van der Waals surface area (Å²) >= 11 is 0. The Morgan fingerprint density at radius 1 is 0.712 bits per heavy atom. The topological polar surface area (TPSA) is 178 Å². The van der Waals surface area contributed by atoms with E-state index < -0.39 is 59.8 Å². The number of aliphatic hydroxyl groups is 3. The predicted molar refractivity (Wildman–Crippen MR) is 202 cm³/mol. The van der Waals surface area contributed by atoms with Crippen LogP contribution in [0.15, 0.2) is 12.2 Å². The van der Waals surface area contributed by atoms with E-state index in [4.69, 9.17) is 23.5 Å². The number of ether oxygens (including phenoxy) is 4. The van der Waals surface area contributed by atoms with Gasteiger partial charge in [-0.2, -0.15) is 8.42 Å². The molecule has 4 N–H and O–H groups in total. The number of unbranched alkanes of at least 4 members (excludes halogenated alkanes) is 20. The Kier molecular flexibility index (Phi) is 30.2. The summed E-state index contributed by atoms with van der Waals surface area (Å²) in [7, 11) is -5.05. The first-order chi connectivity index (χ1) is 25.1. The van der Waals surface area contributed by atoms with Crippen LogP contribution in [0.2, 0.25) is 0 Å². The lowest BCUT2D eigenvalue weighted by atomic mass is 9.99. The Hall–Kier alpha value is -1.16. The van der Waals surface area contributed by atoms with Gasteiger partial charge in [0, 0.05) is 13.0 Å². The van der Waals surface area contributed by atoms with Gasteiger partial charge in [-0.15, -0.1) is 0 Å². The van der Waals surface area contributed by atoms with Crippen molar-refractivity contribution in [1.82, 2.24) is 0 Å². The molecule has 0 aromatic rings. The first-order valence-electron chi connectivity index (χ1n) is 20.4. The smallest absolute Gasteiger partial charge is 0.397 e. The summed E-state index contributed by atoms with van der Waals surface area (Å²) in [4.78, 5) is 12.8. The fraction of sp³-hybridized carbons (Fsp3) is 0.923. The van der Waals surface area contributed by atoms with E-state index in [1.54, 1.807) is 0 Å². The van der Waals surface area contributed by atoms with E-state index in [1.807, 2.05) is 0 Å². The highest BCUT2D eigenvalue weighted by Crippen LogP contribution is 2.26. The van der Waals surface area contributed by atoms with Crippen molar-refractivity contribution in [2.24, 2.45) is 0 Å². The van der Waals surface area contributed by atoms with Crippen LogP contribution in [0, 0.1) is 0 Å². The van der Waals surface area contributed by atoms with E-state index >= 15 is 0 Å². The maximum Gasteiger partial charge on any atom is 0.397 e. The SMILES string of the molecule is CCCCCCCC/C=C\CCCCCCCC(=O)OC(COCCCCCCCCCCCC)COC1OC(CO)C(O)C(OS(=O)(=O)O)C1O. The standard InChI is InChI=1S/C39H74O12S/c1-3-5-7-9-11-13-15-16-17-18-19-20-22-24-26-28-35(41)49-33(31-47-29-27-25-23-21-14-12-10-8-6-4-2)32-48-39-37(43)38(51-52(44,45)46)36(42)34(30-40)50-39/h16-17,33-34,36-40,42-43H,3-15,18-32H2,1-2H3,(H,44,45,46)/b17-16-. The fourth-order valence-electron chi connectivity index (χ4n) is 6.25. The van der Waals surface area contributed by atoms with Crippen LogP contribution in [0.3, 0.4) is 0 Å². The number of allylic oxidation sites excluding steroid dienone is 2. The van der Waals surface area contributed by atoms with Crippen molar-refractivity contribution in [2.75, 3.05) is 26.4 Å². The Balaban J connectivity index is 2.48. The Morgan fingerprint density at radius 2 is 1.21 bits per heavy atom. The third-order valence-electron chi connectivity index (χ3n) is 9.39. The van der Waals surface area contributed by atoms with Crippen molar-refractivity contribution in [3.63, 3.8) is 0 Å². The molecule has 6 unspecified atom stereocenters. The zero-order valence-electron chi connectivity index (χ0n) is 32.4. The Bertz CT molecular complexity index is 978. The molecule has 0 saturated carbocycles. The Morgan fingerprint density at radius 3 is 1.73 bits per heavy atom.